The molecule has 2 atom stereocenters. The maximum Gasteiger partial charge on any atom is 0.318 e. The Bertz CT molecular complexity index is 148. The Morgan fingerprint density at radius 2 is 2.08 bits per heavy atom. The Morgan fingerprint density at radius 3 is 2.54 bits per heavy atom. The van der Waals surface area contributed by atoms with Gasteiger partial charge in [-0.3, -0.25) is 4.79 Å². The minimum atomic E-state index is -0.249. The van der Waals surface area contributed by atoms with E-state index < -0.39 is 0 Å². The highest BCUT2D eigenvalue weighted by atomic mass is 32.1. The molecule has 0 aliphatic carbocycles. The van der Waals surface area contributed by atoms with Gasteiger partial charge in [-0.1, -0.05) is 26.7 Å². The zero-order valence-electron chi connectivity index (χ0n) is 8.75. The first kappa shape index (κ1) is 12.8. The van der Waals surface area contributed by atoms with Crippen LogP contribution in [0.4, 0.5) is 0 Å². The second-order valence-corrected chi connectivity index (χ2v) is 4.02. The summed E-state index contributed by atoms with van der Waals surface area (Å²) in [6.07, 6.45) is 3.12. The highest BCUT2D eigenvalue weighted by molar-refractivity contribution is 7.81. The minimum Gasteiger partial charge on any atom is -0.465 e. The second-order valence-electron chi connectivity index (χ2n) is 3.40. The lowest BCUT2D eigenvalue weighted by atomic mass is 10.0. The van der Waals surface area contributed by atoms with Crippen LogP contribution in [0, 0.1) is 5.92 Å². The molecular formula is C10H20O2S. The summed E-state index contributed by atoms with van der Waals surface area (Å²) in [6, 6.07) is 0. The van der Waals surface area contributed by atoms with E-state index in [1.165, 1.54) is 0 Å². The van der Waals surface area contributed by atoms with Gasteiger partial charge in [0.25, 0.3) is 0 Å². The van der Waals surface area contributed by atoms with Crippen LogP contribution in [0.3, 0.4) is 0 Å². The average molecular weight is 204 g/mol. The van der Waals surface area contributed by atoms with Gasteiger partial charge in [-0.2, -0.15) is 12.6 Å². The maximum atomic E-state index is 11.2. The molecule has 78 valence electrons. The maximum absolute atomic E-state index is 11.2. The first-order valence-electron chi connectivity index (χ1n) is 4.96. The third-order valence-electron chi connectivity index (χ3n) is 1.97. The van der Waals surface area contributed by atoms with Crippen LogP contribution in [0.5, 0.6) is 0 Å². The van der Waals surface area contributed by atoms with E-state index in [2.05, 4.69) is 26.5 Å². The molecule has 0 heterocycles. The van der Waals surface area contributed by atoms with Gasteiger partial charge in [0.15, 0.2) is 0 Å². The van der Waals surface area contributed by atoms with Crippen LogP contribution in [0.25, 0.3) is 0 Å². The fourth-order valence-corrected chi connectivity index (χ4v) is 1.76. The van der Waals surface area contributed by atoms with E-state index >= 15 is 0 Å². The molecule has 0 aromatic rings. The smallest absolute Gasteiger partial charge is 0.318 e. The predicted molar refractivity (Wildman–Crippen MR) is 58.1 cm³/mol. The van der Waals surface area contributed by atoms with Gasteiger partial charge < -0.3 is 4.74 Å². The summed E-state index contributed by atoms with van der Waals surface area (Å²) in [6.45, 7) is 6.55. The molecule has 0 spiro atoms. The Balaban J connectivity index is 3.71. The fourth-order valence-electron chi connectivity index (χ4n) is 1.33. The molecule has 0 aliphatic rings. The van der Waals surface area contributed by atoms with Crippen molar-refractivity contribution < 1.29 is 9.53 Å². The van der Waals surface area contributed by atoms with Crippen LogP contribution >= 0.6 is 12.6 Å². The van der Waals surface area contributed by atoms with Gasteiger partial charge in [0, 0.05) is 0 Å². The van der Waals surface area contributed by atoms with Crippen molar-refractivity contribution in [2.45, 2.75) is 45.3 Å². The second kappa shape index (κ2) is 7.25. The van der Waals surface area contributed by atoms with E-state index in [1.807, 2.05) is 6.92 Å². The van der Waals surface area contributed by atoms with Gasteiger partial charge in [0.2, 0.25) is 0 Å². The number of ether oxygens (including phenoxy) is 1. The number of rotatable bonds is 6. The highest BCUT2D eigenvalue weighted by Gasteiger charge is 2.17. The summed E-state index contributed by atoms with van der Waals surface area (Å²) in [5, 5.41) is -0.249. The molecule has 2 unspecified atom stereocenters. The van der Waals surface area contributed by atoms with Gasteiger partial charge in [0.1, 0.15) is 0 Å². The molecule has 13 heavy (non-hydrogen) atoms. The van der Waals surface area contributed by atoms with Crippen molar-refractivity contribution in [2.75, 3.05) is 6.61 Å². The Kier molecular flexibility index (Phi) is 7.14. The van der Waals surface area contributed by atoms with E-state index in [0.717, 1.165) is 19.3 Å². The molecule has 0 aromatic carbocycles. The van der Waals surface area contributed by atoms with Gasteiger partial charge in [0.05, 0.1) is 11.9 Å². The van der Waals surface area contributed by atoms with Crippen molar-refractivity contribution in [2.24, 2.45) is 5.92 Å². The van der Waals surface area contributed by atoms with E-state index in [0.29, 0.717) is 12.5 Å². The summed E-state index contributed by atoms with van der Waals surface area (Å²) in [5.74, 6) is 0.366. The summed E-state index contributed by atoms with van der Waals surface area (Å²) in [5.41, 5.74) is 0. The van der Waals surface area contributed by atoms with E-state index in [9.17, 15) is 4.79 Å². The molecule has 0 radical (unpaired) electrons. The largest absolute Gasteiger partial charge is 0.465 e. The minimum absolute atomic E-state index is 0.186. The SMILES string of the molecule is CCCC(C)CC(S)C(=O)OCC. The normalized spacial score (nSPS) is 15.1. The third kappa shape index (κ3) is 5.97. The van der Waals surface area contributed by atoms with Crippen LogP contribution in [-0.2, 0) is 9.53 Å². The number of esters is 1. The van der Waals surface area contributed by atoms with Crippen LogP contribution < -0.4 is 0 Å². The monoisotopic (exact) mass is 204 g/mol. The van der Waals surface area contributed by atoms with Crippen LogP contribution in [-0.4, -0.2) is 17.8 Å². The van der Waals surface area contributed by atoms with E-state index in [-0.39, 0.29) is 11.2 Å². The van der Waals surface area contributed by atoms with Gasteiger partial charge in [-0.05, 0) is 19.3 Å². The van der Waals surface area contributed by atoms with Crippen molar-refractivity contribution in [3.63, 3.8) is 0 Å². The Hall–Kier alpha value is -0.180. The number of carbonyl (C=O) groups excluding carboxylic acids is 1. The number of thiol groups is 1. The molecule has 2 nitrogen and oxygen atoms in total. The molecule has 0 aromatic heterocycles. The van der Waals surface area contributed by atoms with Crippen molar-refractivity contribution in [3.05, 3.63) is 0 Å². The molecule has 0 rings (SSSR count). The number of hydrogen-bond acceptors (Lipinski definition) is 3. The molecule has 0 fully saturated rings. The molecule has 3 heteroatoms. The highest BCUT2D eigenvalue weighted by Crippen LogP contribution is 2.16. The topological polar surface area (TPSA) is 26.3 Å². The van der Waals surface area contributed by atoms with E-state index in [4.69, 9.17) is 4.74 Å². The van der Waals surface area contributed by atoms with E-state index in [1.54, 1.807) is 0 Å². The van der Waals surface area contributed by atoms with Crippen LogP contribution in [0.15, 0.2) is 0 Å². The summed E-state index contributed by atoms with van der Waals surface area (Å²) in [4.78, 5) is 11.2. The Morgan fingerprint density at radius 1 is 1.46 bits per heavy atom. The van der Waals surface area contributed by atoms with Gasteiger partial charge in [-0.25, -0.2) is 0 Å². The lowest BCUT2D eigenvalue weighted by molar-refractivity contribution is -0.142. The average Bonchev–Trinajstić information content (AvgIpc) is 2.05. The molecule has 0 aliphatic heterocycles. The fraction of sp³-hybridized carbons (Fsp3) is 0.900. The molecule has 0 N–H and O–H groups in total. The van der Waals surface area contributed by atoms with Crippen molar-refractivity contribution in [1.82, 2.24) is 0 Å². The van der Waals surface area contributed by atoms with Crippen molar-refractivity contribution in [1.29, 1.82) is 0 Å². The number of hydrogen-bond donors (Lipinski definition) is 1. The molecular weight excluding hydrogens is 184 g/mol. The lowest BCUT2D eigenvalue weighted by Gasteiger charge is -2.14. The van der Waals surface area contributed by atoms with Crippen LogP contribution in [0.2, 0.25) is 0 Å². The zero-order valence-corrected chi connectivity index (χ0v) is 9.64. The molecule has 0 saturated carbocycles. The zero-order chi connectivity index (χ0) is 10.3. The van der Waals surface area contributed by atoms with Crippen LogP contribution in [0.1, 0.15) is 40.0 Å². The lowest BCUT2D eigenvalue weighted by Crippen LogP contribution is -2.20. The Labute approximate surface area is 86.5 Å². The number of carbonyl (C=O) groups is 1. The molecule has 0 amide bonds. The third-order valence-corrected chi connectivity index (χ3v) is 2.39. The van der Waals surface area contributed by atoms with Crippen molar-refractivity contribution in [3.8, 4) is 0 Å². The first-order valence-corrected chi connectivity index (χ1v) is 5.48. The first-order chi connectivity index (χ1) is 6.11. The summed E-state index contributed by atoms with van der Waals surface area (Å²) >= 11 is 4.22. The standard InChI is InChI=1S/C10H20O2S/c1-4-6-8(3)7-9(13)10(11)12-5-2/h8-9,13H,4-7H2,1-3H3. The quantitative estimate of drug-likeness (QED) is 0.532. The van der Waals surface area contributed by atoms with Gasteiger partial charge >= 0.3 is 5.97 Å². The molecule has 0 saturated heterocycles. The van der Waals surface area contributed by atoms with Crippen molar-refractivity contribution >= 4 is 18.6 Å². The predicted octanol–water partition coefficient (Wildman–Crippen LogP) is 2.67. The van der Waals surface area contributed by atoms with Gasteiger partial charge in [-0.15, -0.1) is 0 Å². The molecule has 0 bridgehead atoms. The summed E-state index contributed by atoms with van der Waals surface area (Å²) in [7, 11) is 0. The summed E-state index contributed by atoms with van der Waals surface area (Å²) < 4.78 is 4.87.